The van der Waals surface area contributed by atoms with Crippen molar-refractivity contribution in [2.45, 2.75) is 32.0 Å². The average Bonchev–Trinajstić information content (AvgIpc) is 2.95. The molecule has 2 aliphatic heterocycles. The van der Waals surface area contributed by atoms with E-state index in [-0.39, 0.29) is 75.4 Å². The normalized spacial score (nSPS) is 17.6. The van der Waals surface area contributed by atoms with Crippen LogP contribution < -0.4 is 14.2 Å². The quantitative estimate of drug-likeness (QED) is 0.208. The molecule has 0 fully saturated rings. The minimum atomic E-state index is -0.821. The predicted molar refractivity (Wildman–Crippen MR) is 149 cm³/mol. The number of phenolic OH excluding ortho intramolecular Hbond substituents is 5. The van der Waals surface area contributed by atoms with Crippen molar-refractivity contribution in [3.63, 3.8) is 0 Å². The molecule has 214 valence electrons. The first kappa shape index (κ1) is 26.8. The van der Waals surface area contributed by atoms with Crippen molar-refractivity contribution >= 4 is 11.6 Å². The van der Waals surface area contributed by atoms with E-state index in [0.717, 1.165) is 6.07 Å². The van der Waals surface area contributed by atoms with Crippen LogP contribution in [0.25, 0.3) is 11.1 Å². The van der Waals surface area contributed by atoms with E-state index in [2.05, 4.69) is 0 Å². The molecule has 0 amide bonds. The maximum absolute atomic E-state index is 13.3. The summed E-state index contributed by atoms with van der Waals surface area (Å²) in [4.78, 5) is 26.3. The summed E-state index contributed by atoms with van der Waals surface area (Å²) in [5.74, 6) is -1.83. The van der Waals surface area contributed by atoms with Crippen LogP contribution in [0.5, 0.6) is 46.0 Å². The molecule has 42 heavy (non-hydrogen) atoms. The molecule has 0 aliphatic carbocycles. The molecule has 6 rings (SSSR count). The Balaban J connectivity index is 1.47. The maximum Gasteiger partial charge on any atom is 0.174 e. The smallest absolute Gasteiger partial charge is 0.174 e. The molecule has 0 saturated carbocycles. The van der Waals surface area contributed by atoms with E-state index in [1.807, 2.05) is 0 Å². The fourth-order valence-corrected chi connectivity index (χ4v) is 5.47. The van der Waals surface area contributed by atoms with Gasteiger partial charge in [0.2, 0.25) is 0 Å². The molecule has 0 spiro atoms. The molecule has 4 aromatic rings. The van der Waals surface area contributed by atoms with Crippen LogP contribution in [0.15, 0.2) is 54.6 Å². The molecule has 5 N–H and O–H groups in total. The SMILES string of the molecule is COc1ccc([C@@H]2CC(=O)c3c(cc(O)c(C)c3O)O2)cc1-c1c(O)cc(O)c2c1OC(c1ccc(O)cc1)CC2=O. The number of carbonyl (C=O) groups excluding carboxylic acids is 2. The van der Waals surface area contributed by atoms with Crippen LogP contribution >= 0.6 is 0 Å². The molecule has 0 bridgehead atoms. The predicted octanol–water partition coefficient (Wildman–Crippen LogP) is 5.61. The van der Waals surface area contributed by atoms with Crippen LogP contribution in [0.3, 0.4) is 0 Å². The Kier molecular flexibility index (Phi) is 6.33. The number of methoxy groups -OCH3 is 1. The molecule has 0 aromatic heterocycles. The summed E-state index contributed by atoms with van der Waals surface area (Å²) >= 11 is 0. The highest BCUT2D eigenvalue weighted by atomic mass is 16.5. The van der Waals surface area contributed by atoms with E-state index in [4.69, 9.17) is 14.2 Å². The van der Waals surface area contributed by atoms with Gasteiger partial charge in [0.1, 0.15) is 69.3 Å². The summed E-state index contributed by atoms with van der Waals surface area (Å²) in [7, 11) is 1.43. The van der Waals surface area contributed by atoms with Crippen molar-refractivity contribution in [2.75, 3.05) is 7.11 Å². The van der Waals surface area contributed by atoms with Crippen molar-refractivity contribution in [1.29, 1.82) is 0 Å². The average molecular weight is 571 g/mol. The van der Waals surface area contributed by atoms with Gasteiger partial charge in [-0.3, -0.25) is 9.59 Å². The number of phenols is 5. The number of ether oxygens (including phenoxy) is 3. The van der Waals surface area contributed by atoms with E-state index in [1.165, 1.54) is 32.2 Å². The fraction of sp³-hybridized carbons (Fsp3) is 0.188. The number of hydrogen-bond donors (Lipinski definition) is 5. The van der Waals surface area contributed by atoms with Crippen molar-refractivity contribution in [2.24, 2.45) is 0 Å². The van der Waals surface area contributed by atoms with Crippen molar-refractivity contribution in [3.8, 4) is 57.1 Å². The molecule has 10 heteroatoms. The fourth-order valence-electron chi connectivity index (χ4n) is 5.47. The number of ketones is 2. The molecule has 1 unspecified atom stereocenters. The highest BCUT2D eigenvalue weighted by Gasteiger charge is 2.36. The van der Waals surface area contributed by atoms with Gasteiger partial charge in [-0.2, -0.15) is 0 Å². The van der Waals surface area contributed by atoms with Gasteiger partial charge in [-0.05, 0) is 42.3 Å². The van der Waals surface area contributed by atoms with E-state index in [0.29, 0.717) is 22.4 Å². The van der Waals surface area contributed by atoms with Gasteiger partial charge in [-0.25, -0.2) is 0 Å². The highest BCUT2D eigenvalue weighted by molar-refractivity contribution is 6.06. The molecule has 10 nitrogen and oxygen atoms in total. The molecule has 2 atom stereocenters. The third-order valence-corrected chi connectivity index (χ3v) is 7.69. The second-order valence-electron chi connectivity index (χ2n) is 10.3. The largest absolute Gasteiger partial charge is 0.508 e. The lowest BCUT2D eigenvalue weighted by Crippen LogP contribution is -2.21. The van der Waals surface area contributed by atoms with Crippen LogP contribution in [0.1, 0.15) is 62.5 Å². The monoisotopic (exact) mass is 570 g/mol. The van der Waals surface area contributed by atoms with Crippen LogP contribution in [0.2, 0.25) is 0 Å². The van der Waals surface area contributed by atoms with Gasteiger partial charge in [-0.1, -0.05) is 18.2 Å². The van der Waals surface area contributed by atoms with Crippen LogP contribution in [-0.2, 0) is 0 Å². The third-order valence-electron chi connectivity index (χ3n) is 7.69. The maximum atomic E-state index is 13.3. The lowest BCUT2D eigenvalue weighted by Gasteiger charge is -2.29. The second kappa shape index (κ2) is 9.91. The first-order valence-electron chi connectivity index (χ1n) is 13.1. The lowest BCUT2D eigenvalue weighted by molar-refractivity contribution is 0.0834. The topological polar surface area (TPSA) is 163 Å². The van der Waals surface area contributed by atoms with Gasteiger partial charge < -0.3 is 39.7 Å². The minimum absolute atomic E-state index is 0.00674. The molecule has 2 aliphatic rings. The van der Waals surface area contributed by atoms with E-state index < -0.39 is 23.7 Å². The van der Waals surface area contributed by atoms with Crippen molar-refractivity contribution in [1.82, 2.24) is 0 Å². The summed E-state index contributed by atoms with van der Waals surface area (Å²) < 4.78 is 17.9. The number of carbonyl (C=O) groups is 2. The van der Waals surface area contributed by atoms with Gasteiger partial charge in [0.25, 0.3) is 0 Å². The standard InChI is InChI=1S/C32H26O10/c1-14-19(34)11-27-30(31(14)39)23(38)13-26(41-27)16-5-8-24(40-2)18(9-16)28-20(35)10-21(36)29-22(37)12-25(42-32(28)29)15-3-6-17(33)7-4-15/h3-11,25-26,33-36,39H,12-13H2,1-2H3/t25?,26-/m0/s1. The molecular formula is C32H26O10. The summed E-state index contributed by atoms with van der Waals surface area (Å²) in [6.45, 7) is 1.49. The number of fused-ring (bicyclic) bond motifs is 2. The van der Waals surface area contributed by atoms with Gasteiger partial charge >= 0.3 is 0 Å². The number of hydrogen-bond acceptors (Lipinski definition) is 10. The highest BCUT2D eigenvalue weighted by Crippen LogP contribution is 2.52. The zero-order chi connectivity index (χ0) is 29.9. The zero-order valence-electron chi connectivity index (χ0n) is 22.5. The Labute approximate surface area is 239 Å². The molecular weight excluding hydrogens is 544 g/mol. The Morgan fingerprint density at radius 1 is 0.714 bits per heavy atom. The van der Waals surface area contributed by atoms with Gasteiger partial charge in [-0.15, -0.1) is 0 Å². The Bertz CT molecular complexity index is 1770. The number of rotatable bonds is 4. The van der Waals surface area contributed by atoms with Crippen molar-refractivity contribution < 1.29 is 49.3 Å². The van der Waals surface area contributed by atoms with E-state index in [9.17, 15) is 35.1 Å². The summed E-state index contributed by atoms with van der Waals surface area (Å²) in [6, 6.07) is 13.4. The van der Waals surface area contributed by atoms with Crippen molar-refractivity contribution in [3.05, 3.63) is 82.4 Å². The summed E-state index contributed by atoms with van der Waals surface area (Å²) in [5, 5.41) is 52.0. The lowest BCUT2D eigenvalue weighted by atomic mass is 9.89. The summed E-state index contributed by atoms with van der Waals surface area (Å²) in [6.07, 6.45) is -1.78. The van der Waals surface area contributed by atoms with Crippen LogP contribution in [0.4, 0.5) is 0 Å². The van der Waals surface area contributed by atoms with E-state index >= 15 is 0 Å². The number of aromatic hydroxyl groups is 5. The summed E-state index contributed by atoms with van der Waals surface area (Å²) in [5.41, 5.74) is 1.57. The zero-order valence-corrected chi connectivity index (χ0v) is 22.5. The second-order valence-corrected chi connectivity index (χ2v) is 10.3. The Morgan fingerprint density at radius 3 is 2.02 bits per heavy atom. The third kappa shape index (κ3) is 4.28. The van der Waals surface area contributed by atoms with Gasteiger partial charge in [0.15, 0.2) is 11.6 Å². The van der Waals surface area contributed by atoms with E-state index in [1.54, 1.807) is 30.3 Å². The van der Waals surface area contributed by atoms with Gasteiger partial charge in [0.05, 0.1) is 25.5 Å². The number of Topliss-reactive ketones (excluding diaryl/α,β-unsaturated/α-hetero) is 2. The van der Waals surface area contributed by atoms with Gasteiger partial charge in [0, 0.05) is 23.3 Å². The molecule has 4 aromatic carbocycles. The molecule has 0 radical (unpaired) electrons. The number of benzene rings is 4. The molecule has 2 heterocycles. The minimum Gasteiger partial charge on any atom is -0.508 e. The first-order valence-corrected chi connectivity index (χ1v) is 13.1. The van der Waals surface area contributed by atoms with Crippen LogP contribution in [0, 0.1) is 6.92 Å². The van der Waals surface area contributed by atoms with Crippen LogP contribution in [-0.4, -0.2) is 44.2 Å². The first-order chi connectivity index (χ1) is 20.1. The molecule has 0 saturated heterocycles. The Hall–Kier alpha value is -5.38. The Morgan fingerprint density at radius 2 is 1.33 bits per heavy atom.